The molecule has 3 rings (SSSR count). The van der Waals surface area contributed by atoms with E-state index in [2.05, 4.69) is 25.7 Å². The Hall–Kier alpha value is -2.61. The maximum absolute atomic E-state index is 11.8. The number of amides is 1. The van der Waals surface area contributed by atoms with Crippen LogP contribution in [0.5, 0.6) is 0 Å². The Morgan fingerprint density at radius 2 is 2.09 bits per heavy atom. The van der Waals surface area contributed by atoms with Crippen molar-refractivity contribution in [2.45, 2.75) is 19.0 Å². The number of carbonyl (C=O) groups is 1. The Bertz CT molecular complexity index is 809. The molecule has 2 heterocycles. The molecule has 0 atom stereocenters. The summed E-state index contributed by atoms with van der Waals surface area (Å²) in [6.45, 7) is 3.79. The third-order valence-electron chi connectivity index (χ3n) is 3.02. The normalized spacial score (nSPS) is 10.7. The minimum Gasteiger partial charge on any atom is -0.360 e. The van der Waals surface area contributed by atoms with Crippen LogP contribution in [-0.4, -0.2) is 32.0 Å². The molecule has 0 bridgehead atoms. The number of nitrogens with one attached hydrogen (secondary N) is 2. The highest BCUT2D eigenvalue weighted by Crippen LogP contribution is 2.19. The molecule has 0 spiro atoms. The monoisotopic (exact) mass is 329 g/mol. The summed E-state index contributed by atoms with van der Waals surface area (Å²) in [5.41, 5.74) is 2.14. The van der Waals surface area contributed by atoms with Crippen LogP contribution < -0.4 is 5.32 Å². The molecule has 0 aliphatic rings. The van der Waals surface area contributed by atoms with E-state index in [0.29, 0.717) is 22.6 Å². The molecule has 0 saturated heterocycles. The quantitative estimate of drug-likeness (QED) is 0.699. The zero-order valence-electron chi connectivity index (χ0n) is 12.7. The number of hydrogen-bond acceptors (Lipinski definition) is 6. The number of anilines is 1. The summed E-state index contributed by atoms with van der Waals surface area (Å²) in [4.78, 5) is 16.2. The lowest BCUT2D eigenvalue weighted by Crippen LogP contribution is -2.14. The summed E-state index contributed by atoms with van der Waals surface area (Å²) in [6, 6.07) is 9.63. The molecule has 118 valence electrons. The van der Waals surface area contributed by atoms with Crippen molar-refractivity contribution >= 4 is 23.5 Å². The van der Waals surface area contributed by atoms with Gasteiger partial charge in [0.15, 0.2) is 11.6 Å². The van der Waals surface area contributed by atoms with Gasteiger partial charge in [-0.3, -0.25) is 9.89 Å². The summed E-state index contributed by atoms with van der Waals surface area (Å²) in [7, 11) is 0. The molecular weight excluding hydrogens is 314 g/mol. The van der Waals surface area contributed by atoms with Gasteiger partial charge in [-0.25, -0.2) is 4.98 Å². The second-order valence-electron chi connectivity index (χ2n) is 4.99. The molecule has 0 aliphatic carbocycles. The van der Waals surface area contributed by atoms with E-state index in [0.717, 1.165) is 5.56 Å². The standard InChI is InChI=1S/C15H15N5O2S/c1-9-3-5-11(6-4-9)14-17-15(19-18-14)23-8-13(21)16-12-7-10(2)22-20-12/h3-7H,8H2,1-2H3,(H,16,20,21)(H,17,18,19). The van der Waals surface area contributed by atoms with Crippen LogP contribution in [0.3, 0.4) is 0 Å². The molecule has 0 fully saturated rings. The van der Waals surface area contributed by atoms with E-state index in [1.54, 1.807) is 13.0 Å². The highest BCUT2D eigenvalue weighted by molar-refractivity contribution is 7.99. The van der Waals surface area contributed by atoms with Crippen LogP contribution >= 0.6 is 11.8 Å². The van der Waals surface area contributed by atoms with Gasteiger partial charge < -0.3 is 9.84 Å². The first kappa shape index (κ1) is 15.3. The maximum atomic E-state index is 11.8. The minimum atomic E-state index is -0.190. The molecule has 23 heavy (non-hydrogen) atoms. The number of aromatic nitrogens is 4. The van der Waals surface area contributed by atoms with E-state index in [-0.39, 0.29) is 11.7 Å². The van der Waals surface area contributed by atoms with Gasteiger partial charge in [0.25, 0.3) is 0 Å². The molecule has 0 radical (unpaired) electrons. The fourth-order valence-electron chi connectivity index (χ4n) is 1.89. The zero-order chi connectivity index (χ0) is 16.2. The second-order valence-corrected chi connectivity index (χ2v) is 5.93. The van der Waals surface area contributed by atoms with Gasteiger partial charge in [0.1, 0.15) is 5.76 Å². The van der Waals surface area contributed by atoms with E-state index in [9.17, 15) is 4.79 Å². The van der Waals surface area contributed by atoms with Crippen molar-refractivity contribution in [2.24, 2.45) is 0 Å². The second kappa shape index (κ2) is 6.66. The largest absolute Gasteiger partial charge is 0.360 e. The molecule has 0 unspecified atom stereocenters. The lowest BCUT2D eigenvalue weighted by Gasteiger charge is -1.98. The minimum absolute atomic E-state index is 0.190. The molecule has 2 aromatic heterocycles. The molecule has 2 N–H and O–H groups in total. The first-order valence-corrected chi connectivity index (χ1v) is 7.94. The maximum Gasteiger partial charge on any atom is 0.236 e. The van der Waals surface area contributed by atoms with Gasteiger partial charge >= 0.3 is 0 Å². The topological polar surface area (TPSA) is 96.7 Å². The lowest BCUT2D eigenvalue weighted by molar-refractivity contribution is -0.113. The van der Waals surface area contributed by atoms with Crippen LogP contribution in [0.15, 0.2) is 40.0 Å². The van der Waals surface area contributed by atoms with Crippen molar-refractivity contribution < 1.29 is 9.32 Å². The number of H-pyrrole nitrogens is 1. The smallest absolute Gasteiger partial charge is 0.236 e. The number of benzene rings is 1. The third kappa shape index (κ3) is 3.98. The lowest BCUT2D eigenvalue weighted by atomic mass is 10.1. The Balaban J connectivity index is 1.56. The number of aromatic amines is 1. The number of hydrogen-bond donors (Lipinski definition) is 2. The molecule has 7 nitrogen and oxygen atoms in total. The van der Waals surface area contributed by atoms with Gasteiger partial charge in [0.05, 0.1) is 5.75 Å². The van der Waals surface area contributed by atoms with E-state index >= 15 is 0 Å². The number of carbonyl (C=O) groups excluding carboxylic acids is 1. The highest BCUT2D eigenvalue weighted by Gasteiger charge is 2.10. The molecule has 0 saturated carbocycles. The summed E-state index contributed by atoms with van der Waals surface area (Å²) in [5.74, 6) is 1.73. The van der Waals surface area contributed by atoms with Gasteiger partial charge in [-0.05, 0) is 13.8 Å². The van der Waals surface area contributed by atoms with Crippen LogP contribution in [0.4, 0.5) is 5.82 Å². The number of aryl methyl sites for hydroxylation is 2. The molecule has 1 aromatic carbocycles. The molecule has 1 amide bonds. The molecule has 0 aliphatic heterocycles. The average molecular weight is 329 g/mol. The fraction of sp³-hybridized carbons (Fsp3) is 0.200. The molecule has 3 aromatic rings. The third-order valence-corrected chi connectivity index (χ3v) is 3.87. The highest BCUT2D eigenvalue weighted by atomic mass is 32.2. The van der Waals surface area contributed by atoms with Crippen LogP contribution in [0.25, 0.3) is 11.4 Å². The van der Waals surface area contributed by atoms with Gasteiger partial charge in [0.2, 0.25) is 11.1 Å². The predicted molar refractivity (Wildman–Crippen MR) is 87.1 cm³/mol. The fourth-order valence-corrected chi connectivity index (χ4v) is 2.48. The van der Waals surface area contributed by atoms with E-state index in [1.807, 2.05) is 31.2 Å². The van der Waals surface area contributed by atoms with Crippen molar-refractivity contribution in [1.82, 2.24) is 20.3 Å². The molecule has 8 heteroatoms. The summed E-state index contributed by atoms with van der Waals surface area (Å²) < 4.78 is 4.89. The number of nitrogens with zero attached hydrogens (tertiary/aromatic N) is 3. The average Bonchev–Trinajstić information content (AvgIpc) is 3.15. The van der Waals surface area contributed by atoms with Crippen LogP contribution in [0.2, 0.25) is 0 Å². The zero-order valence-corrected chi connectivity index (χ0v) is 13.5. The Morgan fingerprint density at radius 1 is 1.30 bits per heavy atom. The summed E-state index contributed by atoms with van der Waals surface area (Å²) in [5, 5.41) is 13.9. The molecular formula is C15H15N5O2S. The van der Waals surface area contributed by atoms with Crippen molar-refractivity contribution in [3.63, 3.8) is 0 Å². The van der Waals surface area contributed by atoms with Crippen LogP contribution in [-0.2, 0) is 4.79 Å². The Kier molecular flexibility index (Phi) is 4.42. The van der Waals surface area contributed by atoms with Crippen molar-refractivity contribution in [2.75, 3.05) is 11.1 Å². The Labute approximate surface area is 136 Å². The van der Waals surface area contributed by atoms with Crippen molar-refractivity contribution in [1.29, 1.82) is 0 Å². The summed E-state index contributed by atoms with van der Waals surface area (Å²) in [6.07, 6.45) is 0. The number of rotatable bonds is 5. The predicted octanol–water partition coefficient (Wildman–Crippen LogP) is 2.81. The van der Waals surface area contributed by atoms with Crippen molar-refractivity contribution in [3.8, 4) is 11.4 Å². The summed E-state index contributed by atoms with van der Waals surface area (Å²) >= 11 is 1.25. The first-order chi connectivity index (χ1) is 11.1. The van der Waals surface area contributed by atoms with Gasteiger partial charge in [0, 0.05) is 11.6 Å². The number of thioether (sulfide) groups is 1. The van der Waals surface area contributed by atoms with Gasteiger partial charge in [-0.2, -0.15) is 0 Å². The van der Waals surface area contributed by atoms with Gasteiger partial charge in [-0.15, -0.1) is 5.10 Å². The van der Waals surface area contributed by atoms with E-state index in [1.165, 1.54) is 17.3 Å². The van der Waals surface area contributed by atoms with Crippen LogP contribution in [0, 0.1) is 13.8 Å². The van der Waals surface area contributed by atoms with E-state index < -0.39 is 0 Å². The van der Waals surface area contributed by atoms with Crippen molar-refractivity contribution in [3.05, 3.63) is 41.7 Å². The SMILES string of the molecule is Cc1ccc(-c2nc(SCC(=O)Nc3cc(C)on3)n[nH]2)cc1. The van der Waals surface area contributed by atoms with Crippen LogP contribution in [0.1, 0.15) is 11.3 Å². The van der Waals surface area contributed by atoms with Gasteiger partial charge in [-0.1, -0.05) is 46.7 Å². The Morgan fingerprint density at radius 3 is 2.78 bits per heavy atom. The first-order valence-electron chi connectivity index (χ1n) is 6.95. The van der Waals surface area contributed by atoms with E-state index in [4.69, 9.17) is 4.52 Å².